The van der Waals surface area contributed by atoms with Crippen molar-refractivity contribution >= 4 is 23.3 Å². The molecule has 8 nitrogen and oxygen atoms in total. The van der Waals surface area contributed by atoms with Crippen molar-refractivity contribution in [3.63, 3.8) is 0 Å². The van der Waals surface area contributed by atoms with Gasteiger partial charge in [-0.3, -0.25) is 4.90 Å². The van der Waals surface area contributed by atoms with Crippen LogP contribution in [-0.2, 0) is 6.42 Å². The van der Waals surface area contributed by atoms with Gasteiger partial charge in [0.25, 0.3) is 0 Å². The van der Waals surface area contributed by atoms with Gasteiger partial charge in [0.05, 0.1) is 39.2 Å². The number of amides is 2. The van der Waals surface area contributed by atoms with E-state index in [9.17, 15) is 9.90 Å². The lowest BCUT2D eigenvalue weighted by Crippen LogP contribution is -2.54. The van der Waals surface area contributed by atoms with Crippen LogP contribution < -0.4 is 24.8 Å². The van der Waals surface area contributed by atoms with Crippen molar-refractivity contribution in [3.05, 3.63) is 47.0 Å². The maximum absolute atomic E-state index is 12.9. The molecule has 0 saturated carbocycles. The van der Waals surface area contributed by atoms with E-state index in [0.717, 1.165) is 37.1 Å². The standard InChI is InChI=1S/C28H38ClN3O5/c1-17(33)24(31-28(34)30-21-14-25(35-2)27(37-4)26(15-21)36-3)16-32-22-9-10-23(32)13-19(12-22)11-18-5-7-20(29)8-6-18/h5-8,14-15,17,19,22-24,33H,9-13,16H2,1-4H3,(H2,30,31,34)/t17-,19?,22?,23?,24?/m0/s1. The molecule has 4 rings (SSSR count). The average molecular weight is 532 g/mol. The zero-order chi connectivity index (χ0) is 26.5. The first-order valence-corrected chi connectivity index (χ1v) is 13.2. The molecule has 2 aliphatic rings. The van der Waals surface area contributed by atoms with E-state index >= 15 is 0 Å². The van der Waals surface area contributed by atoms with Gasteiger partial charge in [-0.2, -0.15) is 0 Å². The second kappa shape index (κ2) is 12.2. The van der Waals surface area contributed by atoms with Gasteiger partial charge >= 0.3 is 6.03 Å². The number of anilines is 1. The Bertz CT molecular complexity index is 1030. The molecule has 2 aromatic rings. The SMILES string of the molecule is COc1cc(NC(=O)NC(CN2C3CCC2CC(Cc2ccc(Cl)cc2)C3)[C@H](C)O)cc(OC)c1OC. The van der Waals surface area contributed by atoms with Gasteiger partial charge in [-0.1, -0.05) is 23.7 Å². The molecular formula is C28H38ClN3O5. The van der Waals surface area contributed by atoms with E-state index in [1.165, 1.54) is 26.9 Å². The number of nitrogens with zero attached hydrogens (tertiary/aromatic N) is 1. The number of nitrogens with one attached hydrogen (secondary N) is 2. The van der Waals surface area contributed by atoms with E-state index in [-0.39, 0.29) is 0 Å². The molecule has 0 aromatic heterocycles. The maximum atomic E-state index is 12.9. The molecule has 4 atom stereocenters. The zero-order valence-corrected chi connectivity index (χ0v) is 22.8. The number of aliphatic hydroxyl groups excluding tert-OH is 1. The smallest absolute Gasteiger partial charge is 0.319 e. The fourth-order valence-electron chi connectivity index (χ4n) is 5.84. The minimum absolute atomic E-state index is 0.398. The van der Waals surface area contributed by atoms with Crippen molar-refractivity contribution in [1.82, 2.24) is 10.2 Å². The molecule has 2 fully saturated rings. The fourth-order valence-corrected chi connectivity index (χ4v) is 5.97. The summed E-state index contributed by atoms with van der Waals surface area (Å²) in [6.45, 7) is 2.34. The highest BCUT2D eigenvalue weighted by molar-refractivity contribution is 6.30. The summed E-state index contributed by atoms with van der Waals surface area (Å²) in [5.41, 5.74) is 1.83. The quantitative estimate of drug-likeness (QED) is 0.411. The minimum Gasteiger partial charge on any atom is -0.493 e. The molecule has 2 aliphatic heterocycles. The van der Waals surface area contributed by atoms with Crippen molar-refractivity contribution in [1.29, 1.82) is 0 Å². The Morgan fingerprint density at radius 3 is 2.16 bits per heavy atom. The second-order valence-corrected chi connectivity index (χ2v) is 10.5. The number of halogens is 1. The van der Waals surface area contributed by atoms with Crippen molar-refractivity contribution in [2.75, 3.05) is 33.2 Å². The number of piperidine rings is 1. The monoisotopic (exact) mass is 531 g/mol. The molecule has 3 unspecified atom stereocenters. The van der Waals surface area contributed by atoms with Crippen LogP contribution in [0, 0.1) is 5.92 Å². The van der Waals surface area contributed by atoms with Crippen LogP contribution in [0.5, 0.6) is 17.2 Å². The van der Waals surface area contributed by atoms with Crippen molar-refractivity contribution in [2.45, 2.75) is 63.3 Å². The molecule has 202 valence electrons. The lowest BCUT2D eigenvalue weighted by atomic mass is 9.85. The predicted octanol–water partition coefficient (Wildman–Crippen LogP) is 4.72. The third-order valence-electron chi connectivity index (χ3n) is 7.65. The molecule has 2 heterocycles. The molecular weight excluding hydrogens is 494 g/mol. The molecule has 0 spiro atoms. The van der Waals surface area contributed by atoms with Crippen LogP contribution in [0.1, 0.15) is 38.2 Å². The van der Waals surface area contributed by atoms with E-state index in [0.29, 0.717) is 47.5 Å². The van der Waals surface area contributed by atoms with Gasteiger partial charge in [0, 0.05) is 35.8 Å². The first-order valence-electron chi connectivity index (χ1n) is 12.9. The Kier molecular flexibility index (Phi) is 9.05. The number of hydrogen-bond donors (Lipinski definition) is 3. The van der Waals surface area contributed by atoms with Crippen LogP contribution in [0.15, 0.2) is 36.4 Å². The zero-order valence-electron chi connectivity index (χ0n) is 22.0. The number of aliphatic hydroxyl groups is 1. The second-order valence-electron chi connectivity index (χ2n) is 10.1. The molecule has 2 amide bonds. The van der Waals surface area contributed by atoms with Crippen molar-refractivity contribution in [2.24, 2.45) is 5.92 Å². The van der Waals surface area contributed by atoms with Gasteiger partial charge in [-0.05, 0) is 62.6 Å². The number of carbonyl (C=O) groups is 1. The highest BCUT2D eigenvalue weighted by Gasteiger charge is 2.41. The summed E-state index contributed by atoms with van der Waals surface area (Å²) in [6, 6.07) is 11.6. The van der Waals surface area contributed by atoms with E-state index in [2.05, 4.69) is 27.7 Å². The Morgan fingerprint density at radius 1 is 1.05 bits per heavy atom. The normalized spacial score (nSPS) is 22.7. The fraction of sp³-hybridized carbons (Fsp3) is 0.536. The van der Waals surface area contributed by atoms with Gasteiger partial charge in [0.2, 0.25) is 5.75 Å². The Morgan fingerprint density at radius 2 is 1.65 bits per heavy atom. The molecule has 0 radical (unpaired) electrons. The van der Waals surface area contributed by atoms with E-state index in [1.54, 1.807) is 19.1 Å². The largest absolute Gasteiger partial charge is 0.493 e. The highest BCUT2D eigenvalue weighted by Crippen LogP contribution is 2.41. The molecule has 37 heavy (non-hydrogen) atoms. The van der Waals surface area contributed by atoms with Crippen LogP contribution in [0.4, 0.5) is 10.5 Å². The van der Waals surface area contributed by atoms with Gasteiger partial charge in [0.1, 0.15) is 0 Å². The van der Waals surface area contributed by atoms with Gasteiger partial charge in [-0.25, -0.2) is 4.79 Å². The first-order chi connectivity index (χ1) is 17.8. The third kappa shape index (κ3) is 6.61. The van der Waals surface area contributed by atoms with E-state index < -0.39 is 18.2 Å². The van der Waals surface area contributed by atoms with Crippen LogP contribution in [0.3, 0.4) is 0 Å². The Balaban J connectivity index is 1.37. The number of hydrogen-bond acceptors (Lipinski definition) is 6. The number of rotatable bonds is 10. The molecule has 2 bridgehead atoms. The summed E-state index contributed by atoms with van der Waals surface area (Å²) in [5, 5.41) is 17.1. The summed E-state index contributed by atoms with van der Waals surface area (Å²) in [6.07, 6.45) is 4.94. The van der Waals surface area contributed by atoms with Crippen LogP contribution in [0.25, 0.3) is 0 Å². The van der Waals surface area contributed by atoms with Gasteiger partial charge in [-0.15, -0.1) is 0 Å². The Hall–Kier alpha value is -2.68. The number of benzene rings is 2. The first kappa shape index (κ1) is 27.4. The highest BCUT2D eigenvalue weighted by atomic mass is 35.5. The predicted molar refractivity (Wildman–Crippen MR) is 145 cm³/mol. The number of methoxy groups -OCH3 is 3. The summed E-state index contributed by atoms with van der Waals surface area (Å²) in [4.78, 5) is 15.4. The number of carbonyl (C=O) groups excluding carboxylic acids is 1. The summed E-state index contributed by atoms with van der Waals surface area (Å²) >= 11 is 6.05. The third-order valence-corrected chi connectivity index (χ3v) is 7.90. The van der Waals surface area contributed by atoms with Gasteiger partial charge < -0.3 is 30.0 Å². The number of fused-ring (bicyclic) bond motifs is 2. The average Bonchev–Trinajstić information content (AvgIpc) is 3.11. The lowest BCUT2D eigenvalue weighted by molar-refractivity contribution is 0.0620. The van der Waals surface area contributed by atoms with Crippen molar-refractivity contribution in [3.8, 4) is 17.2 Å². The van der Waals surface area contributed by atoms with Crippen LogP contribution in [0.2, 0.25) is 5.02 Å². The van der Waals surface area contributed by atoms with Crippen LogP contribution in [-0.4, -0.2) is 68.1 Å². The number of ether oxygens (including phenoxy) is 3. The topological polar surface area (TPSA) is 92.3 Å². The van der Waals surface area contributed by atoms with E-state index in [4.69, 9.17) is 25.8 Å². The maximum Gasteiger partial charge on any atom is 0.319 e. The summed E-state index contributed by atoms with van der Waals surface area (Å²) in [5.74, 6) is 1.98. The molecule has 2 aromatic carbocycles. The molecule has 9 heteroatoms. The van der Waals surface area contributed by atoms with Gasteiger partial charge in [0.15, 0.2) is 11.5 Å². The summed E-state index contributed by atoms with van der Waals surface area (Å²) in [7, 11) is 4.58. The molecule has 0 aliphatic carbocycles. The number of urea groups is 1. The van der Waals surface area contributed by atoms with Crippen molar-refractivity contribution < 1.29 is 24.1 Å². The Labute approximate surface area is 224 Å². The minimum atomic E-state index is -0.697. The molecule has 3 N–H and O–H groups in total. The van der Waals surface area contributed by atoms with Crippen LogP contribution >= 0.6 is 11.6 Å². The molecule has 2 saturated heterocycles. The lowest BCUT2D eigenvalue weighted by Gasteiger charge is -2.41. The van der Waals surface area contributed by atoms with E-state index in [1.807, 2.05) is 12.1 Å². The summed E-state index contributed by atoms with van der Waals surface area (Å²) < 4.78 is 16.1.